The Balaban J connectivity index is 1.74. The van der Waals surface area contributed by atoms with Crippen molar-refractivity contribution in [3.05, 3.63) is 36.3 Å². The van der Waals surface area contributed by atoms with E-state index in [2.05, 4.69) is 25.8 Å². The molecule has 0 saturated carbocycles. The van der Waals surface area contributed by atoms with Gasteiger partial charge < -0.3 is 19.3 Å². The maximum absolute atomic E-state index is 13.3. The maximum Gasteiger partial charge on any atom is 0.410 e. The molecule has 1 saturated heterocycles. The summed E-state index contributed by atoms with van der Waals surface area (Å²) in [4.78, 5) is 34.1. The first kappa shape index (κ1) is 25.6. The standard InChI is InChI=1S/C26H38N4O4/c1-17(2)34-25(32)30-12-11-20(14-23(30)26(4,5)6)28(7)24(31)29-15-21(27-16-29)19-9-10-22(33-8)18(3)13-19/h9-10,13,15-17,20,23H,11-12,14H2,1-8H3. The van der Waals surface area contributed by atoms with Crippen LogP contribution in [0.25, 0.3) is 11.3 Å². The largest absolute Gasteiger partial charge is 0.496 e. The number of carbonyl (C=O) groups excluding carboxylic acids is 2. The van der Waals surface area contributed by atoms with Gasteiger partial charge in [0, 0.05) is 37.4 Å². The molecule has 2 amide bonds. The van der Waals surface area contributed by atoms with Crippen LogP contribution in [0.4, 0.5) is 9.59 Å². The number of aryl methyl sites for hydroxylation is 1. The van der Waals surface area contributed by atoms with E-state index in [0.717, 1.165) is 22.6 Å². The molecule has 0 N–H and O–H groups in total. The quantitative estimate of drug-likeness (QED) is 0.614. The zero-order valence-electron chi connectivity index (χ0n) is 21.7. The van der Waals surface area contributed by atoms with E-state index >= 15 is 0 Å². The molecule has 34 heavy (non-hydrogen) atoms. The molecule has 186 valence electrons. The summed E-state index contributed by atoms with van der Waals surface area (Å²) >= 11 is 0. The Labute approximate surface area is 202 Å². The average Bonchev–Trinajstić information content (AvgIpc) is 3.27. The number of methoxy groups -OCH3 is 1. The average molecular weight is 471 g/mol. The van der Waals surface area contributed by atoms with Gasteiger partial charge in [-0.25, -0.2) is 14.6 Å². The second-order valence-electron chi connectivity index (χ2n) is 10.4. The van der Waals surface area contributed by atoms with Crippen molar-refractivity contribution in [1.29, 1.82) is 0 Å². The minimum atomic E-state index is -0.281. The van der Waals surface area contributed by atoms with Crippen molar-refractivity contribution in [2.75, 3.05) is 20.7 Å². The number of ether oxygens (including phenoxy) is 2. The molecule has 2 atom stereocenters. The highest BCUT2D eigenvalue weighted by Gasteiger charge is 2.41. The van der Waals surface area contributed by atoms with Crippen LogP contribution >= 0.6 is 0 Å². The molecule has 0 bridgehead atoms. The van der Waals surface area contributed by atoms with Crippen LogP contribution in [-0.4, -0.2) is 70.4 Å². The second-order valence-corrected chi connectivity index (χ2v) is 10.4. The molecule has 0 aliphatic carbocycles. The summed E-state index contributed by atoms with van der Waals surface area (Å²) in [5.41, 5.74) is 2.52. The fraction of sp³-hybridized carbons (Fsp3) is 0.577. The fourth-order valence-corrected chi connectivity index (χ4v) is 4.56. The molecule has 1 aromatic heterocycles. The van der Waals surface area contributed by atoms with Crippen LogP contribution in [0.5, 0.6) is 5.75 Å². The number of aromatic nitrogens is 2. The van der Waals surface area contributed by atoms with Crippen LogP contribution in [0.15, 0.2) is 30.7 Å². The third kappa shape index (κ3) is 5.54. The highest BCUT2D eigenvalue weighted by Crippen LogP contribution is 2.34. The van der Waals surface area contributed by atoms with Gasteiger partial charge in [-0.1, -0.05) is 20.8 Å². The Morgan fingerprint density at radius 1 is 1.24 bits per heavy atom. The van der Waals surface area contributed by atoms with Gasteiger partial charge in [-0.15, -0.1) is 0 Å². The molecular formula is C26H38N4O4. The normalized spacial score (nSPS) is 18.7. The predicted octanol–water partition coefficient (Wildman–Crippen LogP) is 5.19. The predicted molar refractivity (Wildman–Crippen MR) is 132 cm³/mol. The zero-order chi connectivity index (χ0) is 25.2. The van der Waals surface area contributed by atoms with Crippen LogP contribution < -0.4 is 4.74 Å². The third-order valence-electron chi connectivity index (χ3n) is 6.49. The van der Waals surface area contributed by atoms with Crippen molar-refractivity contribution in [1.82, 2.24) is 19.4 Å². The fourth-order valence-electron chi connectivity index (χ4n) is 4.56. The van der Waals surface area contributed by atoms with Crippen molar-refractivity contribution in [2.24, 2.45) is 5.41 Å². The minimum absolute atomic E-state index is 0.00825. The highest BCUT2D eigenvalue weighted by atomic mass is 16.6. The molecule has 1 fully saturated rings. The lowest BCUT2D eigenvalue weighted by Crippen LogP contribution is -2.57. The van der Waals surface area contributed by atoms with Crippen molar-refractivity contribution < 1.29 is 19.1 Å². The molecule has 1 aliphatic heterocycles. The van der Waals surface area contributed by atoms with Gasteiger partial charge in [-0.2, -0.15) is 0 Å². The summed E-state index contributed by atoms with van der Waals surface area (Å²) in [5, 5.41) is 0. The summed E-state index contributed by atoms with van der Waals surface area (Å²) < 4.78 is 12.3. The lowest BCUT2D eigenvalue weighted by atomic mass is 9.79. The smallest absolute Gasteiger partial charge is 0.410 e. The van der Waals surface area contributed by atoms with E-state index in [0.29, 0.717) is 19.4 Å². The molecule has 1 aromatic carbocycles. The topological polar surface area (TPSA) is 76.9 Å². The van der Waals surface area contributed by atoms with Gasteiger partial charge in [-0.3, -0.25) is 4.57 Å². The van der Waals surface area contributed by atoms with Gasteiger partial charge in [0.1, 0.15) is 12.1 Å². The van der Waals surface area contributed by atoms with Crippen molar-refractivity contribution in [3.63, 3.8) is 0 Å². The van der Waals surface area contributed by atoms with Crippen LogP contribution in [0.3, 0.4) is 0 Å². The second kappa shape index (κ2) is 10.1. The number of rotatable bonds is 4. The molecule has 8 heteroatoms. The molecule has 3 rings (SSSR count). The van der Waals surface area contributed by atoms with Crippen LogP contribution in [0, 0.1) is 12.3 Å². The first-order chi connectivity index (χ1) is 15.9. The lowest BCUT2D eigenvalue weighted by Gasteiger charge is -2.47. The lowest BCUT2D eigenvalue weighted by molar-refractivity contribution is 0.00809. The summed E-state index contributed by atoms with van der Waals surface area (Å²) in [6.07, 6.45) is 4.26. The number of likely N-dealkylation sites (tertiary alicyclic amines) is 1. The Morgan fingerprint density at radius 2 is 1.94 bits per heavy atom. The van der Waals surface area contributed by atoms with Gasteiger partial charge in [-0.05, 0) is 62.8 Å². The summed E-state index contributed by atoms with van der Waals surface area (Å²) in [6, 6.07) is 5.68. The molecule has 0 radical (unpaired) electrons. The summed E-state index contributed by atoms with van der Waals surface area (Å²) in [6.45, 7) is 12.6. The summed E-state index contributed by atoms with van der Waals surface area (Å²) in [7, 11) is 3.47. The molecule has 2 aromatic rings. The molecular weight excluding hydrogens is 432 g/mol. The number of hydrogen-bond donors (Lipinski definition) is 0. The number of piperidine rings is 1. The van der Waals surface area contributed by atoms with Crippen molar-refractivity contribution >= 4 is 12.1 Å². The zero-order valence-corrected chi connectivity index (χ0v) is 21.7. The maximum atomic E-state index is 13.3. The highest BCUT2D eigenvalue weighted by molar-refractivity contribution is 5.78. The van der Waals surface area contributed by atoms with Gasteiger partial charge in [0.05, 0.1) is 18.9 Å². The van der Waals surface area contributed by atoms with E-state index in [1.165, 1.54) is 4.57 Å². The molecule has 1 aliphatic rings. The number of benzene rings is 1. The first-order valence-corrected chi connectivity index (χ1v) is 11.9. The van der Waals surface area contributed by atoms with Crippen molar-refractivity contribution in [3.8, 4) is 17.0 Å². The van der Waals surface area contributed by atoms with E-state index in [1.807, 2.05) is 50.9 Å². The summed E-state index contributed by atoms with van der Waals surface area (Å²) in [5.74, 6) is 0.816. The first-order valence-electron chi connectivity index (χ1n) is 11.9. The number of hydrogen-bond acceptors (Lipinski definition) is 5. The van der Waals surface area contributed by atoms with E-state index in [1.54, 1.807) is 24.5 Å². The van der Waals surface area contributed by atoms with E-state index < -0.39 is 0 Å². The van der Waals surface area contributed by atoms with E-state index in [-0.39, 0.29) is 35.7 Å². The third-order valence-corrected chi connectivity index (χ3v) is 6.49. The molecule has 8 nitrogen and oxygen atoms in total. The minimum Gasteiger partial charge on any atom is -0.496 e. The molecule has 0 spiro atoms. The van der Waals surface area contributed by atoms with Gasteiger partial charge in [0.25, 0.3) is 0 Å². The number of imidazole rings is 1. The number of nitrogens with zero attached hydrogens (tertiary/aromatic N) is 4. The van der Waals surface area contributed by atoms with Crippen LogP contribution in [-0.2, 0) is 4.74 Å². The van der Waals surface area contributed by atoms with E-state index in [4.69, 9.17) is 9.47 Å². The Morgan fingerprint density at radius 3 is 2.53 bits per heavy atom. The monoisotopic (exact) mass is 470 g/mol. The molecule has 2 unspecified atom stereocenters. The number of amides is 2. The Hall–Kier alpha value is -3.03. The molecule has 2 heterocycles. The van der Waals surface area contributed by atoms with Crippen LogP contribution in [0.2, 0.25) is 0 Å². The van der Waals surface area contributed by atoms with Gasteiger partial charge in [0.15, 0.2) is 0 Å². The Kier molecular flexibility index (Phi) is 7.58. The number of carbonyl (C=O) groups is 2. The Bertz CT molecular complexity index is 1020. The van der Waals surface area contributed by atoms with Gasteiger partial charge >= 0.3 is 12.1 Å². The van der Waals surface area contributed by atoms with Crippen molar-refractivity contribution in [2.45, 2.75) is 72.6 Å². The van der Waals surface area contributed by atoms with E-state index in [9.17, 15) is 9.59 Å². The van der Waals surface area contributed by atoms with Gasteiger partial charge in [0.2, 0.25) is 0 Å². The van der Waals surface area contributed by atoms with Crippen LogP contribution in [0.1, 0.15) is 53.0 Å². The SMILES string of the molecule is COc1ccc(-c2cn(C(=O)N(C)C3CCN(C(=O)OC(C)C)C(C(C)(C)C)C3)cn2)cc1C.